The molecule has 2 atom stereocenters. The molecule has 0 rings (SSSR count). The molecule has 0 radical (unpaired) electrons. The van der Waals surface area contributed by atoms with Crippen LogP contribution in [0, 0.1) is 0 Å². The van der Waals surface area contributed by atoms with Gasteiger partial charge in [0, 0.05) is 0 Å². The highest BCUT2D eigenvalue weighted by Gasteiger charge is 2.37. The van der Waals surface area contributed by atoms with Crippen LogP contribution in [0.2, 0.25) is 0 Å². The summed E-state index contributed by atoms with van der Waals surface area (Å²) in [7, 11) is -4.38. The molecule has 2 unspecified atom stereocenters. The summed E-state index contributed by atoms with van der Waals surface area (Å²) in [5.74, 6) is -1.47. The molecule has 0 saturated carbocycles. The van der Waals surface area contributed by atoms with Gasteiger partial charge in [-0.1, -0.05) is 6.92 Å². The van der Waals surface area contributed by atoms with Gasteiger partial charge in [-0.2, -0.15) is 4.67 Å². The normalized spacial score (nSPS) is 18.8. The zero-order chi connectivity index (χ0) is 9.07. The number of hydrogen-bond acceptors (Lipinski definition) is 4. The van der Waals surface area contributed by atoms with Gasteiger partial charge in [-0.15, -0.1) is 0 Å². The second-order valence-electron chi connectivity index (χ2n) is 1.91. The molecule has 0 aromatic rings. The van der Waals surface area contributed by atoms with Crippen LogP contribution in [0.5, 0.6) is 0 Å². The molecule has 0 saturated heterocycles. The molecule has 0 heterocycles. The molecule has 0 amide bonds. The molecule has 0 aliphatic heterocycles. The summed E-state index contributed by atoms with van der Waals surface area (Å²) in [6.07, 6.45) is -0.0797. The van der Waals surface area contributed by atoms with E-state index in [-0.39, 0.29) is 6.42 Å². The Kier molecular flexibility index (Phi) is 3.68. The Morgan fingerprint density at radius 3 is 2.27 bits per heavy atom. The molecule has 0 aliphatic rings. The minimum atomic E-state index is -4.38. The maximum absolute atomic E-state index is 10.7. The van der Waals surface area contributed by atoms with Crippen LogP contribution in [0.4, 0.5) is 0 Å². The fourth-order valence-electron chi connectivity index (χ4n) is 0.602. The molecule has 0 aromatic heterocycles. The zero-order valence-electron chi connectivity index (χ0n) is 5.80. The minimum absolute atomic E-state index is 0.0797. The number of carbonyl (C=O) groups is 1. The van der Waals surface area contributed by atoms with Crippen LogP contribution in [-0.4, -0.2) is 26.9 Å². The van der Waals surface area contributed by atoms with Crippen LogP contribution in [0.3, 0.4) is 0 Å². The Morgan fingerprint density at radius 1 is 1.73 bits per heavy atom. The molecule has 3 N–H and O–H groups in total. The Hall–Kier alpha value is -0.420. The third kappa shape index (κ3) is 2.59. The summed E-state index contributed by atoms with van der Waals surface area (Å²) in [5.41, 5.74) is -1.56. The van der Waals surface area contributed by atoms with Crippen LogP contribution in [0.1, 0.15) is 13.3 Å². The van der Waals surface area contributed by atoms with E-state index >= 15 is 0 Å². The standard InChI is InChI=1S/C4H9O6P/c1-2-3(4(5)6)11(8,9)10-7/h3,7H,2H2,1H3,(H,5,6)(H,8,9). The van der Waals surface area contributed by atoms with E-state index in [4.69, 9.17) is 15.3 Å². The summed E-state index contributed by atoms with van der Waals surface area (Å²) in [6.45, 7) is 1.40. The molecule has 0 aliphatic carbocycles. The van der Waals surface area contributed by atoms with Crippen LogP contribution in [-0.2, 0) is 14.0 Å². The van der Waals surface area contributed by atoms with Gasteiger partial charge in [-0.25, -0.2) is 5.26 Å². The predicted octanol–water partition coefficient (Wildman–Crippen LogP) is 0.525. The van der Waals surface area contributed by atoms with Crippen molar-refractivity contribution < 1.29 is 29.3 Å². The zero-order valence-corrected chi connectivity index (χ0v) is 6.69. The number of carboxylic acid groups (broad SMARTS) is 1. The first-order valence-electron chi connectivity index (χ1n) is 2.84. The maximum atomic E-state index is 10.7. The SMILES string of the molecule is CCC(C(=O)O)P(=O)(O)OO. The Balaban J connectivity index is 4.50. The molecule has 0 bridgehead atoms. The first-order chi connectivity index (χ1) is 4.95. The van der Waals surface area contributed by atoms with Gasteiger partial charge in [0.15, 0.2) is 5.66 Å². The third-order valence-electron chi connectivity index (χ3n) is 1.18. The van der Waals surface area contributed by atoms with Crippen LogP contribution in [0.25, 0.3) is 0 Å². The predicted molar refractivity (Wildman–Crippen MR) is 35.3 cm³/mol. The Bertz CT molecular complexity index is 189. The smallest absolute Gasteiger partial charge is 0.369 e. The lowest BCUT2D eigenvalue weighted by atomic mass is 10.3. The minimum Gasteiger partial charge on any atom is -0.481 e. The van der Waals surface area contributed by atoms with Crippen LogP contribution >= 0.6 is 7.60 Å². The fourth-order valence-corrected chi connectivity index (χ4v) is 1.46. The van der Waals surface area contributed by atoms with Gasteiger partial charge >= 0.3 is 13.6 Å². The van der Waals surface area contributed by atoms with Gasteiger partial charge in [0.1, 0.15) is 0 Å². The van der Waals surface area contributed by atoms with Crippen molar-refractivity contribution in [2.45, 2.75) is 19.0 Å². The summed E-state index contributed by atoms with van der Waals surface area (Å²) >= 11 is 0. The summed E-state index contributed by atoms with van der Waals surface area (Å²) < 4.78 is 13.8. The van der Waals surface area contributed by atoms with Crippen LogP contribution < -0.4 is 0 Å². The van der Waals surface area contributed by atoms with Crippen molar-refractivity contribution in [1.82, 2.24) is 0 Å². The quantitative estimate of drug-likeness (QED) is 0.334. The van der Waals surface area contributed by atoms with Crippen molar-refractivity contribution in [1.29, 1.82) is 0 Å². The molecule has 0 fully saturated rings. The van der Waals surface area contributed by atoms with Crippen molar-refractivity contribution >= 4 is 13.6 Å². The highest BCUT2D eigenvalue weighted by Crippen LogP contribution is 2.47. The first-order valence-corrected chi connectivity index (χ1v) is 4.48. The first kappa shape index (κ1) is 10.6. The van der Waals surface area contributed by atoms with Gasteiger partial charge in [-0.3, -0.25) is 9.36 Å². The molecule has 6 nitrogen and oxygen atoms in total. The molecule has 66 valence electrons. The lowest BCUT2D eigenvalue weighted by molar-refractivity contribution is -0.152. The fraction of sp³-hybridized carbons (Fsp3) is 0.750. The van der Waals surface area contributed by atoms with Crippen molar-refractivity contribution in [2.24, 2.45) is 0 Å². The van der Waals surface area contributed by atoms with Gasteiger partial charge in [0.25, 0.3) is 0 Å². The average molecular weight is 184 g/mol. The lowest BCUT2D eigenvalue weighted by Gasteiger charge is -2.12. The summed E-state index contributed by atoms with van der Waals surface area (Å²) in [5, 5.41) is 16.2. The van der Waals surface area contributed by atoms with E-state index in [2.05, 4.69) is 4.67 Å². The van der Waals surface area contributed by atoms with E-state index in [1.165, 1.54) is 6.92 Å². The van der Waals surface area contributed by atoms with Crippen molar-refractivity contribution in [3.8, 4) is 0 Å². The summed E-state index contributed by atoms with van der Waals surface area (Å²) in [4.78, 5) is 18.9. The van der Waals surface area contributed by atoms with Crippen molar-refractivity contribution in [3.05, 3.63) is 0 Å². The van der Waals surface area contributed by atoms with E-state index < -0.39 is 19.2 Å². The average Bonchev–Trinajstić information content (AvgIpc) is 1.88. The summed E-state index contributed by atoms with van der Waals surface area (Å²) in [6, 6.07) is 0. The van der Waals surface area contributed by atoms with E-state index in [0.717, 1.165) is 0 Å². The molecule has 0 spiro atoms. The molecule has 11 heavy (non-hydrogen) atoms. The number of rotatable bonds is 4. The highest BCUT2D eigenvalue weighted by molar-refractivity contribution is 7.54. The van der Waals surface area contributed by atoms with E-state index in [9.17, 15) is 9.36 Å². The van der Waals surface area contributed by atoms with Gasteiger partial charge in [-0.05, 0) is 6.42 Å². The van der Waals surface area contributed by atoms with Gasteiger partial charge < -0.3 is 10.00 Å². The number of aliphatic carboxylic acids is 1. The maximum Gasteiger partial charge on any atom is 0.369 e. The number of carboxylic acids is 1. The van der Waals surface area contributed by atoms with Crippen molar-refractivity contribution in [2.75, 3.05) is 0 Å². The van der Waals surface area contributed by atoms with E-state index in [1.807, 2.05) is 0 Å². The van der Waals surface area contributed by atoms with E-state index in [1.54, 1.807) is 0 Å². The number of hydrogen-bond donors (Lipinski definition) is 3. The lowest BCUT2D eigenvalue weighted by Crippen LogP contribution is -2.20. The van der Waals surface area contributed by atoms with Crippen LogP contribution in [0.15, 0.2) is 0 Å². The Morgan fingerprint density at radius 2 is 2.18 bits per heavy atom. The topological polar surface area (TPSA) is 104 Å². The monoisotopic (exact) mass is 184 g/mol. The van der Waals surface area contributed by atoms with E-state index in [0.29, 0.717) is 0 Å². The Labute approximate surface area is 62.9 Å². The largest absolute Gasteiger partial charge is 0.481 e. The molecular weight excluding hydrogens is 175 g/mol. The second kappa shape index (κ2) is 3.82. The molecule has 0 aromatic carbocycles. The second-order valence-corrected chi connectivity index (χ2v) is 3.82. The van der Waals surface area contributed by atoms with Gasteiger partial charge in [0.05, 0.1) is 0 Å². The highest BCUT2D eigenvalue weighted by atomic mass is 31.2. The van der Waals surface area contributed by atoms with Crippen molar-refractivity contribution in [3.63, 3.8) is 0 Å². The third-order valence-corrected chi connectivity index (χ3v) is 2.79. The molecular formula is C4H9O6P. The molecule has 7 heteroatoms. The van der Waals surface area contributed by atoms with Gasteiger partial charge in [0.2, 0.25) is 0 Å².